The summed E-state index contributed by atoms with van der Waals surface area (Å²) in [4.78, 5) is 0. The molecular weight excluding hydrogens is 165 g/mol. The number of hydrogen-bond donors (Lipinski definition) is 1. The van der Waals surface area contributed by atoms with Crippen LogP contribution in [0.4, 0.5) is 10.1 Å². The lowest BCUT2D eigenvalue weighted by Crippen LogP contribution is -2.11. The minimum atomic E-state index is -0.210. The first kappa shape index (κ1) is 9.78. The molecule has 13 heavy (non-hydrogen) atoms. The van der Waals surface area contributed by atoms with Crippen molar-refractivity contribution in [1.29, 1.82) is 0 Å². The van der Waals surface area contributed by atoms with Crippen molar-refractivity contribution in [3.8, 4) is 0 Å². The van der Waals surface area contributed by atoms with Crippen LogP contribution in [-0.2, 0) is 0 Å². The average molecular weight is 179 g/mol. The SMILES string of the molecule is C/C=C/C(C)Nc1cccc(F)c1. The van der Waals surface area contributed by atoms with Gasteiger partial charge in [0.1, 0.15) is 5.82 Å². The van der Waals surface area contributed by atoms with E-state index in [1.165, 1.54) is 12.1 Å². The van der Waals surface area contributed by atoms with Crippen molar-refractivity contribution < 1.29 is 4.39 Å². The zero-order valence-electron chi connectivity index (χ0n) is 7.92. The summed E-state index contributed by atoms with van der Waals surface area (Å²) in [5, 5.41) is 3.16. The van der Waals surface area contributed by atoms with Crippen LogP contribution < -0.4 is 5.32 Å². The van der Waals surface area contributed by atoms with Crippen LogP contribution in [0.5, 0.6) is 0 Å². The van der Waals surface area contributed by atoms with E-state index in [0.29, 0.717) is 0 Å². The van der Waals surface area contributed by atoms with Crippen molar-refractivity contribution in [3.05, 3.63) is 42.2 Å². The zero-order valence-corrected chi connectivity index (χ0v) is 7.92. The number of allylic oxidation sites excluding steroid dienone is 1. The van der Waals surface area contributed by atoms with Gasteiger partial charge in [-0.3, -0.25) is 0 Å². The highest BCUT2D eigenvalue weighted by atomic mass is 19.1. The molecule has 1 aromatic rings. The molecule has 0 bridgehead atoms. The summed E-state index contributed by atoms with van der Waals surface area (Å²) in [7, 11) is 0. The lowest BCUT2D eigenvalue weighted by molar-refractivity contribution is 0.628. The first-order valence-corrected chi connectivity index (χ1v) is 4.37. The Morgan fingerprint density at radius 1 is 1.46 bits per heavy atom. The smallest absolute Gasteiger partial charge is 0.125 e. The minimum absolute atomic E-state index is 0.210. The second kappa shape index (κ2) is 4.65. The van der Waals surface area contributed by atoms with Crippen molar-refractivity contribution in [3.63, 3.8) is 0 Å². The average Bonchev–Trinajstić information content (AvgIpc) is 2.04. The molecule has 0 saturated heterocycles. The van der Waals surface area contributed by atoms with Gasteiger partial charge in [0, 0.05) is 11.7 Å². The molecule has 1 unspecified atom stereocenters. The van der Waals surface area contributed by atoms with Gasteiger partial charge in [0.15, 0.2) is 0 Å². The Morgan fingerprint density at radius 3 is 2.85 bits per heavy atom. The van der Waals surface area contributed by atoms with Crippen LogP contribution in [0, 0.1) is 5.82 Å². The Balaban J connectivity index is 2.63. The van der Waals surface area contributed by atoms with Gasteiger partial charge in [0.05, 0.1) is 0 Å². The van der Waals surface area contributed by atoms with Crippen LogP contribution in [0.3, 0.4) is 0 Å². The van der Waals surface area contributed by atoms with Crippen molar-refractivity contribution in [2.45, 2.75) is 19.9 Å². The lowest BCUT2D eigenvalue weighted by atomic mass is 10.2. The fourth-order valence-corrected chi connectivity index (χ4v) is 1.18. The normalized spacial score (nSPS) is 13.2. The zero-order chi connectivity index (χ0) is 9.68. The molecule has 1 atom stereocenters. The van der Waals surface area contributed by atoms with Gasteiger partial charge < -0.3 is 5.32 Å². The van der Waals surface area contributed by atoms with Crippen molar-refractivity contribution in [1.82, 2.24) is 0 Å². The Hall–Kier alpha value is -1.31. The maximum Gasteiger partial charge on any atom is 0.125 e. The van der Waals surface area contributed by atoms with E-state index in [1.807, 2.05) is 32.1 Å². The van der Waals surface area contributed by atoms with E-state index >= 15 is 0 Å². The fourth-order valence-electron chi connectivity index (χ4n) is 1.18. The molecule has 2 heteroatoms. The summed E-state index contributed by atoms with van der Waals surface area (Å²) in [5.74, 6) is -0.210. The van der Waals surface area contributed by atoms with Gasteiger partial charge in [-0.1, -0.05) is 18.2 Å². The molecule has 1 nitrogen and oxygen atoms in total. The first-order valence-electron chi connectivity index (χ1n) is 4.37. The topological polar surface area (TPSA) is 12.0 Å². The number of anilines is 1. The Kier molecular flexibility index (Phi) is 3.50. The molecule has 0 aliphatic heterocycles. The van der Waals surface area contributed by atoms with Crippen molar-refractivity contribution >= 4 is 5.69 Å². The van der Waals surface area contributed by atoms with Crippen LogP contribution in [-0.4, -0.2) is 6.04 Å². The molecule has 0 radical (unpaired) electrons. The Bertz CT molecular complexity index is 294. The highest BCUT2D eigenvalue weighted by Gasteiger charge is 1.97. The molecule has 1 N–H and O–H groups in total. The van der Waals surface area contributed by atoms with Crippen LogP contribution >= 0.6 is 0 Å². The van der Waals surface area contributed by atoms with Gasteiger partial charge in [0.25, 0.3) is 0 Å². The lowest BCUT2D eigenvalue weighted by Gasteiger charge is -2.10. The number of halogens is 1. The molecule has 0 aliphatic carbocycles. The summed E-state index contributed by atoms with van der Waals surface area (Å²) in [5.41, 5.74) is 0.811. The van der Waals surface area contributed by atoms with Gasteiger partial charge in [-0.25, -0.2) is 4.39 Å². The minimum Gasteiger partial charge on any atom is -0.379 e. The van der Waals surface area contributed by atoms with Gasteiger partial charge in [0.2, 0.25) is 0 Å². The quantitative estimate of drug-likeness (QED) is 0.702. The molecule has 0 aliphatic rings. The predicted molar refractivity (Wildman–Crippen MR) is 54.3 cm³/mol. The molecule has 1 aromatic carbocycles. The molecule has 0 heterocycles. The number of nitrogens with one attached hydrogen (secondary N) is 1. The van der Waals surface area contributed by atoms with Crippen molar-refractivity contribution in [2.24, 2.45) is 0 Å². The van der Waals surface area contributed by atoms with Crippen LogP contribution in [0.1, 0.15) is 13.8 Å². The predicted octanol–water partition coefficient (Wildman–Crippen LogP) is 3.20. The summed E-state index contributed by atoms with van der Waals surface area (Å²) < 4.78 is 12.7. The molecular formula is C11H14FN. The monoisotopic (exact) mass is 179 g/mol. The highest BCUT2D eigenvalue weighted by molar-refractivity contribution is 5.44. The van der Waals surface area contributed by atoms with E-state index < -0.39 is 0 Å². The van der Waals surface area contributed by atoms with E-state index in [-0.39, 0.29) is 11.9 Å². The molecule has 0 saturated carbocycles. The van der Waals surface area contributed by atoms with Gasteiger partial charge in [-0.15, -0.1) is 0 Å². The van der Waals surface area contributed by atoms with Gasteiger partial charge in [-0.2, -0.15) is 0 Å². The second-order valence-electron chi connectivity index (χ2n) is 2.97. The molecule has 0 amide bonds. The van der Waals surface area contributed by atoms with E-state index in [9.17, 15) is 4.39 Å². The number of hydrogen-bond acceptors (Lipinski definition) is 1. The first-order chi connectivity index (χ1) is 6.22. The molecule has 0 fully saturated rings. The third kappa shape index (κ3) is 3.28. The number of benzene rings is 1. The third-order valence-electron chi connectivity index (χ3n) is 1.70. The van der Waals surface area contributed by atoms with Crippen LogP contribution in [0.15, 0.2) is 36.4 Å². The Morgan fingerprint density at radius 2 is 2.23 bits per heavy atom. The van der Waals surface area contributed by atoms with Gasteiger partial charge in [-0.05, 0) is 32.0 Å². The van der Waals surface area contributed by atoms with Crippen LogP contribution in [0.25, 0.3) is 0 Å². The highest BCUT2D eigenvalue weighted by Crippen LogP contribution is 2.10. The summed E-state index contributed by atoms with van der Waals surface area (Å²) in [6.07, 6.45) is 3.99. The maximum atomic E-state index is 12.7. The van der Waals surface area contributed by atoms with Crippen molar-refractivity contribution in [2.75, 3.05) is 5.32 Å². The van der Waals surface area contributed by atoms with E-state index in [4.69, 9.17) is 0 Å². The van der Waals surface area contributed by atoms with E-state index in [1.54, 1.807) is 6.07 Å². The molecule has 0 aromatic heterocycles. The second-order valence-corrected chi connectivity index (χ2v) is 2.97. The largest absolute Gasteiger partial charge is 0.379 e. The standard InChI is InChI=1S/C11H14FN/c1-3-5-9(2)13-11-7-4-6-10(12)8-11/h3-9,13H,1-2H3/b5-3+. The summed E-state index contributed by atoms with van der Waals surface area (Å²) in [6, 6.07) is 6.70. The van der Waals surface area contributed by atoms with Gasteiger partial charge >= 0.3 is 0 Å². The third-order valence-corrected chi connectivity index (χ3v) is 1.70. The van der Waals surface area contributed by atoms with E-state index in [2.05, 4.69) is 5.32 Å². The van der Waals surface area contributed by atoms with Crippen LogP contribution in [0.2, 0.25) is 0 Å². The number of rotatable bonds is 3. The molecule has 70 valence electrons. The summed E-state index contributed by atoms with van der Waals surface area (Å²) >= 11 is 0. The molecule has 0 spiro atoms. The molecule has 1 rings (SSSR count). The maximum absolute atomic E-state index is 12.7. The Labute approximate surface area is 78.3 Å². The van der Waals surface area contributed by atoms with E-state index in [0.717, 1.165) is 5.69 Å². The summed E-state index contributed by atoms with van der Waals surface area (Å²) in [6.45, 7) is 3.98. The fraction of sp³-hybridized carbons (Fsp3) is 0.273.